The van der Waals surface area contributed by atoms with E-state index >= 15 is 0 Å². The van der Waals surface area contributed by atoms with E-state index in [2.05, 4.69) is 4.98 Å². The average Bonchev–Trinajstić information content (AvgIpc) is 2.78. The zero-order valence-electron chi connectivity index (χ0n) is 9.95. The van der Waals surface area contributed by atoms with Crippen LogP contribution in [0.4, 0.5) is 4.79 Å². The van der Waals surface area contributed by atoms with Crippen LogP contribution < -0.4 is 0 Å². The van der Waals surface area contributed by atoms with Crippen molar-refractivity contribution in [1.29, 1.82) is 0 Å². The molecule has 1 N–H and O–H groups in total. The van der Waals surface area contributed by atoms with Gasteiger partial charge in [-0.3, -0.25) is 0 Å². The van der Waals surface area contributed by atoms with E-state index in [4.69, 9.17) is 5.11 Å². The van der Waals surface area contributed by atoms with Crippen LogP contribution in [-0.4, -0.2) is 52.0 Å². The summed E-state index contributed by atoms with van der Waals surface area (Å²) < 4.78 is 0. The molecule has 7 heteroatoms. The number of carbonyl (C=O) groups is 2. The van der Waals surface area contributed by atoms with Crippen LogP contribution in [0.2, 0.25) is 0 Å². The molecule has 1 atom stereocenters. The number of rotatable bonds is 4. The molecule has 17 heavy (non-hydrogen) atoms. The average molecular weight is 257 g/mol. The second-order valence-corrected chi connectivity index (χ2v) is 4.46. The Morgan fingerprint density at radius 2 is 2.18 bits per heavy atom. The van der Waals surface area contributed by atoms with Gasteiger partial charge in [0.2, 0.25) is 0 Å². The molecule has 6 nitrogen and oxygen atoms in total. The van der Waals surface area contributed by atoms with Crippen LogP contribution in [-0.2, 0) is 11.3 Å². The summed E-state index contributed by atoms with van der Waals surface area (Å²) in [6, 6.07) is -1.19. The van der Waals surface area contributed by atoms with Crippen molar-refractivity contribution in [2.75, 3.05) is 14.1 Å². The highest BCUT2D eigenvalue weighted by molar-refractivity contribution is 7.07. The van der Waals surface area contributed by atoms with Gasteiger partial charge in [0.1, 0.15) is 6.04 Å². The molecule has 0 aromatic carbocycles. The molecule has 0 radical (unpaired) electrons. The molecule has 2 amide bonds. The zero-order chi connectivity index (χ0) is 13.0. The zero-order valence-corrected chi connectivity index (χ0v) is 10.8. The smallest absolute Gasteiger partial charge is 0.326 e. The molecule has 0 bridgehead atoms. The van der Waals surface area contributed by atoms with Gasteiger partial charge in [0.15, 0.2) is 0 Å². The van der Waals surface area contributed by atoms with Gasteiger partial charge in [0.25, 0.3) is 0 Å². The molecular formula is C10H15N3O3S. The Bertz CT molecular complexity index is 394. The lowest BCUT2D eigenvalue weighted by atomic mass is 10.3. The van der Waals surface area contributed by atoms with Crippen molar-refractivity contribution in [3.63, 3.8) is 0 Å². The van der Waals surface area contributed by atoms with Crippen LogP contribution in [0.3, 0.4) is 0 Å². The summed E-state index contributed by atoms with van der Waals surface area (Å²) in [5.41, 5.74) is 2.49. The van der Waals surface area contributed by atoms with Crippen LogP contribution in [0.25, 0.3) is 0 Å². The van der Waals surface area contributed by atoms with Gasteiger partial charge in [-0.05, 0) is 6.92 Å². The molecule has 94 valence electrons. The van der Waals surface area contributed by atoms with Crippen LogP contribution in [0.5, 0.6) is 0 Å². The number of urea groups is 1. The first-order valence-electron chi connectivity index (χ1n) is 5.01. The number of carboxylic acid groups (broad SMARTS) is 1. The number of carbonyl (C=O) groups excluding carboxylic acids is 1. The van der Waals surface area contributed by atoms with Gasteiger partial charge >= 0.3 is 12.0 Å². The monoisotopic (exact) mass is 257 g/mol. The van der Waals surface area contributed by atoms with Crippen LogP contribution in [0.15, 0.2) is 10.9 Å². The number of nitrogens with zero attached hydrogens (tertiary/aromatic N) is 3. The third-order valence-electron chi connectivity index (χ3n) is 2.45. The summed E-state index contributed by atoms with van der Waals surface area (Å²) in [5, 5.41) is 10.7. The summed E-state index contributed by atoms with van der Waals surface area (Å²) in [5.74, 6) is -1.03. The van der Waals surface area contributed by atoms with Gasteiger partial charge in [0.05, 0.1) is 17.7 Å². The number of hydrogen-bond acceptors (Lipinski definition) is 4. The number of aromatic nitrogens is 1. The third kappa shape index (κ3) is 3.42. The fourth-order valence-corrected chi connectivity index (χ4v) is 1.78. The topological polar surface area (TPSA) is 73.7 Å². The molecule has 1 unspecified atom stereocenters. The normalized spacial score (nSPS) is 11.9. The van der Waals surface area contributed by atoms with Crippen molar-refractivity contribution >= 4 is 23.3 Å². The summed E-state index contributed by atoms with van der Waals surface area (Å²) in [6.45, 7) is 1.84. The molecule has 0 saturated heterocycles. The number of thiazole rings is 1. The third-order valence-corrected chi connectivity index (χ3v) is 3.08. The highest BCUT2D eigenvalue weighted by Gasteiger charge is 2.24. The van der Waals surface area contributed by atoms with Crippen LogP contribution >= 0.6 is 11.3 Å². The summed E-state index contributed by atoms with van der Waals surface area (Å²) in [6.07, 6.45) is 0. The molecule has 0 saturated carbocycles. The molecular weight excluding hydrogens is 242 g/mol. The molecule has 0 aliphatic heterocycles. The van der Waals surface area contributed by atoms with Crippen LogP contribution in [0, 0.1) is 0 Å². The summed E-state index contributed by atoms with van der Waals surface area (Å²) >= 11 is 1.46. The van der Waals surface area contributed by atoms with Crippen molar-refractivity contribution in [3.8, 4) is 0 Å². The molecule has 0 spiro atoms. The lowest BCUT2D eigenvalue weighted by Gasteiger charge is -2.27. The predicted octanol–water partition coefficient (Wildman–Crippen LogP) is 1.10. The Balaban J connectivity index is 2.60. The Labute approximate surface area is 103 Å². The first-order valence-corrected chi connectivity index (χ1v) is 5.95. The minimum atomic E-state index is -1.03. The number of likely N-dealkylation sites (N-methyl/N-ethyl adjacent to an activating group) is 1. The van der Waals surface area contributed by atoms with Crippen molar-refractivity contribution in [1.82, 2.24) is 14.8 Å². The van der Waals surface area contributed by atoms with E-state index in [1.165, 1.54) is 35.1 Å². The quantitative estimate of drug-likeness (QED) is 0.876. The number of aliphatic carboxylic acids is 1. The van der Waals surface area contributed by atoms with E-state index < -0.39 is 12.0 Å². The van der Waals surface area contributed by atoms with Gasteiger partial charge in [-0.25, -0.2) is 14.6 Å². The highest BCUT2D eigenvalue weighted by Crippen LogP contribution is 2.07. The highest BCUT2D eigenvalue weighted by atomic mass is 32.1. The lowest BCUT2D eigenvalue weighted by Crippen LogP contribution is -2.46. The largest absolute Gasteiger partial charge is 0.480 e. The molecule has 0 aliphatic carbocycles. The number of carboxylic acids is 1. The standard InChI is InChI=1S/C10H15N3O3S/c1-7(9(14)15)13(3)10(16)12(2)4-8-5-17-6-11-8/h5-7H,4H2,1-3H3,(H,14,15). The van der Waals surface area contributed by atoms with E-state index in [0.717, 1.165) is 5.69 Å². The molecule has 1 aromatic heterocycles. The second kappa shape index (κ2) is 5.62. The van der Waals surface area contributed by atoms with Gasteiger partial charge in [0, 0.05) is 19.5 Å². The van der Waals surface area contributed by atoms with Gasteiger partial charge in [-0.15, -0.1) is 11.3 Å². The number of hydrogen-bond donors (Lipinski definition) is 1. The van der Waals surface area contributed by atoms with Crippen molar-refractivity contribution in [3.05, 3.63) is 16.6 Å². The SMILES string of the molecule is CC(C(=O)O)N(C)C(=O)N(C)Cc1cscn1. The molecule has 1 heterocycles. The van der Waals surface area contributed by atoms with Crippen molar-refractivity contribution in [2.24, 2.45) is 0 Å². The molecule has 0 aliphatic rings. The fraction of sp³-hybridized carbons (Fsp3) is 0.500. The molecule has 1 aromatic rings. The Morgan fingerprint density at radius 3 is 2.65 bits per heavy atom. The Hall–Kier alpha value is -1.63. The lowest BCUT2D eigenvalue weighted by molar-refractivity contribution is -0.141. The van der Waals surface area contributed by atoms with E-state index in [9.17, 15) is 9.59 Å². The Kier molecular flexibility index (Phi) is 4.45. The maximum Gasteiger partial charge on any atom is 0.326 e. The predicted molar refractivity (Wildman–Crippen MR) is 63.8 cm³/mol. The second-order valence-electron chi connectivity index (χ2n) is 3.74. The van der Waals surface area contributed by atoms with Gasteiger partial charge in [-0.1, -0.05) is 0 Å². The van der Waals surface area contributed by atoms with E-state index in [1.807, 2.05) is 5.38 Å². The van der Waals surface area contributed by atoms with E-state index in [0.29, 0.717) is 6.54 Å². The van der Waals surface area contributed by atoms with Gasteiger partial charge < -0.3 is 14.9 Å². The number of amides is 2. The summed E-state index contributed by atoms with van der Waals surface area (Å²) in [4.78, 5) is 29.3. The first-order chi connectivity index (χ1) is 7.93. The first kappa shape index (κ1) is 13.4. The van der Waals surface area contributed by atoms with E-state index in [1.54, 1.807) is 12.6 Å². The van der Waals surface area contributed by atoms with E-state index in [-0.39, 0.29) is 6.03 Å². The maximum absolute atomic E-state index is 11.9. The van der Waals surface area contributed by atoms with Crippen LogP contribution in [0.1, 0.15) is 12.6 Å². The fourth-order valence-electron chi connectivity index (χ4n) is 1.23. The van der Waals surface area contributed by atoms with Gasteiger partial charge in [-0.2, -0.15) is 0 Å². The molecule has 0 fully saturated rings. The molecule has 1 rings (SSSR count). The minimum Gasteiger partial charge on any atom is -0.480 e. The van der Waals surface area contributed by atoms with Crippen molar-refractivity contribution < 1.29 is 14.7 Å². The summed E-state index contributed by atoms with van der Waals surface area (Å²) in [7, 11) is 3.09. The Morgan fingerprint density at radius 1 is 1.53 bits per heavy atom. The minimum absolute atomic E-state index is 0.340. The maximum atomic E-state index is 11.9. The van der Waals surface area contributed by atoms with Crippen molar-refractivity contribution in [2.45, 2.75) is 19.5 Å².